The Morgan fingerprint density at radius 3 is 2.55 bits per heavy atom. The average molecular weight is 269 g/mol. The molecule has 0 unspecified atom stereocenters. The van der Waals surface area contributed by atoms with Crippen LogP contribution in [0.4, 0.5) is 0 Å². The van der Waals surface area contributed by atoms with E-state index in [-0.39, 0.29) is 17.7 Å². The summed E-state index contributed by atoms with van der Waals surface area (Å²) in [5.74, 6) is -0.257. The summed E-state index contributed by atoms with van der Waals surface area (Å²) in [4.78, 5) is 12.2. The minimum absolute atomic E-state index is 0.00471. The van der Waals surface area contributed by atoms with Gasteiger partial charge in [-0.2, -0.15) is 0 Å². The third kappa shape index (κ3) is 2.99. The van der Waals surface area contributed by atoms with E-state index in [9.17, 15) is 9.90 Å². The molecule has 0 radical (unpaired) electrons. The number of amides is 1. The first-order valence-corrected chi connectivity index (χ1v) is 6.65. The molecule has 20 heavy (non-hydrogen) atoms. The number of hydrogen-bond acceptors (Lipinski definition) is 2. The SMILES string of the molecule is Cc1ccc(O)c(C(=O)N[C@H](C)c2ccccc2C)c1. The highest BCUT2D eigenvalue weighted by Crippen LogP contribution is 2.21. The Morgan fingerprint density at radius 1 is 1.15 bits per heavy atom. The molecule has 2 aromatic rings. The number of carbonyl (C=O) groups is 1. The molecule has 3 nitrogen and oxygen atoms in total. The van der Waals surface area contributed by atoms with Crippen LogP contribution in [-0.2, 0) is 0 Å². The van der Waals surface area contributed by atoms with Gasteiger partial charge >= 0.3 is 0 Å². The quantitative estimate of drug-likeness (QED) is 0.896. The van der Waals surface area contributed by atoms with Gasteiger partial charge in [-0.05, 0) is 44.0 Å². The van der Waals surface area contributed by atoms with E-state index in [1.165, 1.54) is 0 Å². The summed E-state index contributed by atoms with van der Waals surface area (Å²) < 4.78 is 0. The third-order valence-electron chi connectivity index (χ3n) is 3.40. The van der Waals surface area contributed by atoms with Gasteiger partial charge in [-0.15, -0.1) is 0 Å². The van der Waals surface area contributed by atoms with Crippen LogP contribution in [0.5, 0.6) is 5.75 Å². The minimum Gasteiger partial charge on any atom is -0.507 e. The van der Waals surface area contributed by atoms with Crippen LogP contribution in [0.3, 0.4) is 0 Å². The highest BCUT2D eigenvalue weighted by Gasteiger charge is 2.15. The molecule has 0 aromatic heterocycles. The van der Waals surface area contributed by atoms with E-state index >= 15 is 0 Å². The minimum atomic E-state index is -0.262. The summed E-state index contributed by atoms with van der Waals surface area (Å²) in [7, 11) is 0. The van der Waals surface area contributed by atoms with Crippen LogP contribution in [0.1, 0.15) is 40.0 Å². The summed E-state index contributed by atoms with van der Waals surface area (Å²) in [5.41, 5.74) is 3.46. The van der Waals surface area contributed by atoms with Crippen molar-refractivity contribution >= 4 is 5.91 Å². The molecule has 104 valence electrons. The second-order valence-electron chi connectivity index (χ2n) is 5.07. The fraction of sp³-hybridized carbons (Fsp3) is 0.235. The van der Waals surface area contributed by atoms with Crippen molar-refractivity contribution in [1.82, 2.24) is 5.32 Å². The molecule has 0 saturated carbocycles. The van der Waals surface area contributed by atoms with Crippen LogP contribution in [0.2, 0.25) is 0 Å². The number of benzene rings is 2. The topological polar surface area (TPSA) is 49.3 Å². The Bertz CT molecular complexity index is 635. The zero-order valence-electron chi connectivity index (χ0n) is 12.0. The van der Waals surface area contributed by atoms with E-state index in [1.54, 1.807) is 18.2 Å². The lowest BCUT2D eigenvalue weighted by Gasteiger charge is -2.17. The van der Waals surface area contributed by atoms with Crippen molar-refractivity contribution in [2.45, 2.75) is 26.8 Å². The lowest BCUT2D eigenvalue weighted by atomic mass is 10.0. The molecule has 0 aliphatic rings. The van der Waals surface area contributed by atoms with Crippen molar-refractivity contribution in [3.8, 4) is 5.75 Å². The molecule has 2 aromatic carbocycles. The van der Waals surface area contributed by atoms with Crippen LogP contribution in [0.15, 0.2) is 42.5 Å². The number of hydrogen-bond donors (Lipinski definition) is 2. The average Bonchev–Trinajstić information content (AvgIpc) is 2.41. The Hall–Kier alpha value is -2.29. The van der Waals surface area contributed by atoms with Gasteiger partial charge in [0.15, 0.2) is 0 Å². The van der Waals surface area contributed by atoms with Gasteiger partial charge in [0.05, 0.1) is 11.6 Å². The number of carbonyl (C=O) groups excluding carboxylic acids is 1. The second kappa shape index (κ2) is 5.78. The van der Waals surface area contributed by atoms with E-state index in [2.05, 4.69) is 5.32 Å². The van der Waals surface area contributed by atoms with Crippen LogP contribution < -0.4 is 5.32 Å². The van der Waals surface area contributed by atoms with Crippen LogP contribution in [0.25, 0.3) is 0 Å². The van der Waals surface area contributed by atoms with Crippen molar-refractivity contribution in [2.24, 2.45) is 0 Å². The first-order valence-electron chi connectivity index (χ1n) is 6.65. The molecule has 3 heteroatoms. The van der Waals surface area contributed by atoms with E-state index in [4.69, 9.17) is 0 Å². The largest absolute Gasteiger partial charge is 0.507 e. The van der Waals surface area contributed by atoms with Gasteiger partial charge in [0.2, 0.25) is 0 Å². The Kier molecular flexibility index (Phi) is 4.08. The van der Waals surface area contributed by atoms with Gasteiger partial charge in [-0.25, -0.2) is 0 Å². The number of phenolic OH excluding ortho intramolecular Hbond substituents is 1. The molecule has 1 amide bonds. The summed E-state index contributed by atoms with van der Waals surface area (Å²) >= 11 is 0. The maximum atomic E-state index is 12.2. The van der Waals surface area contributed by atoms with Crippen molar-refractivity contribution in [1.29, 1.82) is 0 Å². The highest BCUT2D eigenvalue weighted by molar-refractivity contribution is 5.97. The predicted molar refractivity (Wildman–Crippen MR) is 79.9 cm³/mol. The van der Waals surface area contributed by atoms with Gasteiger partial charge < -0.3 is 10.4 Å². The molecule has 0 spiro atoms. The van der Waals surface area contributed by atoms with E-state index in [1.807, 2.05) is 45.0 Å². The predicted octanol–water partition coefficient (Wildman–Crippen LogP) is 3.50. The van der Waals surface area contributed by atoms with E-state index in [0.29, 0.717) is 5.56 Å². The molecule has 2 rings (SSSR count). The van der Waals surface area contributed by atoms with Gasteiger partial charge in [-0.1, -0.05) is 35.9 Å². The lowest BCUT2D eigenvalue weighted by Crippen LogP contribution is -2.27. The van der Waals surface area contributed by atoms with E-state index < -0.39 is 0 Å². The van der Waals surface area contributed by atoms with E-state index in [0.717, 1.165) is 16.7 Å². The van der Waals surface area contributed by atoms with Crippen LogP contribution in [0, 0.1) is 13.8 Å². The number of phenols is 1. The Labute approximate surface area is 119 Å². The van der Waals surface area contributed by atoms with Gasteiger partial charge in [0, 0.05) is 0 Å². The fourth-order valence-electron chi connectivity index (χ4n) is 2.26. The molecule has 0 bridgehead atoms. The maximum absolute atomic E-state index is 12.2. The number of aryl methyl sites for hydroxylation is 2. The van der Waals surface area contributed by atoms with Gasteiger partial charge in [0.1, 0.15) is 5.75 Å². The van der Waals surface area contributed by atoms with Crippen molar-refractivity contribution in [3.63, 3.8) is 0 Å². The monoisotopic (exact) mass is 269 g/mol. The molecular weight excluding hydrogens is 250 g/mol. The smallest absolute Gasteiger partial charge is 0.255 e. The van der Waals surface area contributed by atoms with Crippen LogP contribution >= 0.6 is 0 Å². The summed E-state index contributed by atoms with van der Waals surface area (Å²) in [6.45, 7) is 5.84. The normalized spacial score (nSPS) is 11.9. The zero-order chi connectivity index (χ0) is 14.7. The molecule has 0 fully saturated rings. The molecule has 1 atom stereocenters. The van der Waals surface area contributed by atoms with Gasteiger partial charge in [-0.3, -0.25) is 4.79 Å². The molecule has 0 saturated heterocycles. The Morgan fingerprint density at radius 2 is 1.85 bits per heavy atom. The fourth-order valence-corrected chi connectivity index (χ4v) is 2.26. The van der Waals surface area contributed by atoms with Crippen molar-refractivity contribution < 1.29 is 9.90 Å². The molecule has 0 aliphatic heterocycles. The van der Waals surface area contributed by atoms with Crippen molar-refractivity contribution in [2.75, 3.05) is 0 Å². The third-order valence-corrected chi connectivity index (χ3v) is 3.40. The molecule has 2 N–H and O–H groups in total. The number of aromatic hydroxyl groups is 1. The summed E-state index contributed by atoms with van der Waals surface area (Å²) in [6.07, 6.45) is 0. The van der Waals surface area contributed by atoms with Crippen molar-refractivity contribution in [3.05, 3.63) is 64.7 Å². The van der Waals surface area contributed by atoms with Gasteiger partial charge in [0.25, 0.3) is 5.91 Å². The number of nitrogens with one attached hydrogen (secondary N) is 1. The highest BCUT2D eigenvalue weighted by atomic mass is 16.3. The number of rotatable bonds is 3. The first-order chi connectivity index (χ1) is 9.49. The molecular formula is C17H19NO2. The maximum Gasteiger partial charge on any atom is 0.255 e. The summed E-state index contributed by atoms with van der Waals surface area (Å²) in [6, 6.07) is 12.8. The second-order valence-corrected chi connectivity index (χ2v) is 5.07. The Balaban J connectivity index is 2.20. The summed E-state index contributed by atoms with van der Waals surface area (Å²) in [5, 5.41) is 12.7. The first kappa shape index (κ1) is 14.1. The van der Waals surface area contributed by atoms with Crippen LogP contribution in [-0.4, -0.2) is 11.0 Å². The molecule has 0 aliphatic carbocycles. The standard InChI is InChI=1S/C17H19NO2/c1-11-8-9-16(19)15(10-11)17(20)18-13(3)14-7-5-4-6-12(14)2/h4-10,13,19H,1-3H3,(H,18,20)/t13-/m1/s1. The molecule has 0 heterocycles. The zero-order valence-corrected chi connectivity index (χ0v) is 12.0. The lowest BCUT2D eigenvalue weighted by molar-refractivity contribution is 0.0937.